The molecular formula is C23H38BrN5O4Si. The number of piperidine rings is 1. The van der Waals surface area contributed by atoms with Crippen LogP contribution in [-0.2, 0) is 16.2 Å². The summed E-state index contributed by atoms with van der Waals surface area (Å²) >= 11 is 3.58. The molecule has 3 heterocycles. The van der Waals surface area contributed by atoms with E-state index in [9.17, 15) is 9.90 Å². The minimum atomic E-state index is -1.14. The number of hydrogen-bond donors (Lipinski definition) is 2. The van der Waals surface area contributed by atoms with Crippen molar-refractivity contribution in [2.75, 3.05) is 31.2 Å². The largest absolute Gasteiger partial charge is 0.444 e. The van der Waals surface area contributed by atoms with Crippen LogP contribution in [0.5, 0.6) is 0 Å². The van der Waals surface area contributed by atoms with E-state index in [1.54, 1.807) is 6.20 Å². The molecule has 0 atom stereocenters. The number of alkyl carbamates (subject to hydrolysis) is 1. The molecule has 190 valence electrons. The summed E-state index contributed by atoms with van der Waals surface area (Å²) in [7, 11) is -1.14. The normalized spacial score (nSPS) is 16.6. The fourth-order valence-electron chi connectivity index (χ4n) is 3.80. The second-order valence-electron chi connectivity index (χ2n) is 11.2. The van der Waals surface area contributed by atoms with E-state index in [1.807, 2.05) is 31.5 Å². The number of rotatable bonds is 8. The van der Waals surface area contributed by atoms with E-state index in [-0.39, 0.29) is 6.61 Å². The summed E-state index contributed by atoms with van der Waals surface area (Å²) in [4.78, 5) is 23.9. The molecule has 1 aliphatic heterocycles. The van der Waals surface area contributed by atoms with E-state index in [0.717, 1.165) is 34.1 Å². The van der Waals surface area contributed by atoms with Gasteiger partial charge in [0.05, 0.1) is 22.8 Å². The van der Waals surface area contributed by atoms with E-state index in [1.165, 1.54) is 0 Å². The number of aliphatic hydroxyl groups is 1. The molecule has 2 N–H and O–H groups in total. The van der Waals surface area contributed by atoms with Gasteiger partial charge in [0.2, 0.25) is 0 Å². The number of halogens is 1. The second kappa shape index (κ2) is 10.5. The van der Waals surface area contributed by atoms with Gasteiger partial charge < -0.3 is 29.4 Å². The second-order valence-corrected chi connectivity index (χ2v) is 17.7. The summed E-state index contributed by atoms with van der Waals surface area (Å²) in [6.45, 7) is 14.8. The zero-order valence-corrected chi connectivity index (χ0v) is 23.7. The molecule has 1 saturated heterocycles. The predicted octanol–water partition coefficient (Wildman–Crippen LogP) is 4.36. The van der Waals surface area contributed by atoms with Crippen molar-refractivity contribution in [3.8, 4) is 0 Å². The average molecular weight is 557 g/mol. The van der Waals surface area contributed by atoms with Crippen molar-refractivity contribution < 1.29 is 19.4 Å². The topological polar surface area (TPSA) is 102 Å². The monoisotopic (exact) mass is 555 g/mol. The maximum Gasteiger partial charge on any atom is 0.408 e. The van der Waals surface area contributed by atoms with Crippen LogP contribution >= 0.6 is 15.9 Å². The molecule has 0 aromatic carbocycles. The van der Waals surface area contributed by atoms with Crippen LogP contribution in [0.2, 0.25) is 25.7 Å². The summed E-state index contributed by atoms with van der Waals surface area (Å²) in [5.41, 5.74) is 0.270. The molecule has 0 aliphatic carbocycles. The number of nitrogens with zero attached hydrogens (tertiary/aromatic N) is 4. The van der Waals surface area contributed by atoms with Crippen molar-refractivity contribution >= 4 is 47.1 Å². The number of aliphatic hydroxyl groups excluding tert-OH is 1. The lowest BCUT2D eigenvalue weighted by atomic mass is 9.88. The van der Waals surface area contributed by atoms with Crippen LogP contribution < -0.4 is 10.2 Å². The Morgan fingerprint density at radius 2 is 1.97 bits per heavy atom. The smallest absolute Gasteiger partial charge is 0.408 e. The molecule has 34 heavy (non-hydrogen) atoms. The number of anilines is 1. The number of fused-ring (bicyclic) bond motifs is 1. The van der Waals surface area contributed by atoms with Crippen LogP contribution in [0.3, 0.4) is 0 Å². The lowest BCUT2D eigenvalue weighted by molar-refractivity contribution is 0.0364. The molecule has 0 radical (unpaired) electrons. The standard InChI is InChI=1S/C23H38BrN5O4Si/c1-22(2,3)33-21(31)27-23(15-30)7-9-28(10-8-23)18-13-25-19-17(24)14-29(20(19)26-18)16-32-11-12-34(4,5)6/h13-14,30H,7-12,15-16H2,1-6H3,(H,27,31). The third-order valence-corrected chi connectivity index (χ3v) is 8.13. The third-order valence-electron chi connectivity index (χ3n) is 5.85. The van der Waals surface area contributed by atoms with Crippen molar-refractivity contribution in [2.24, 2.45) is 0 Å². The van der Waals surface area contributed by atoms with Gasteiger partial charge in [0.25, 0.3) is 0 Å². The lowest BCUT2D eigenvalue weighted by Gasteiger charge is -2.41. The highest BCUT2D eigenvalue weighted by atomic mass is 79.9. The van der Waals surface area contributed by atoms with Crippen LogP contribution in [0, 0.1) is 0 Å². The Balaban J connectivity index is 1.67. The quantitative estimate of drug-likeness (QED) is 0.368. The Bertz CT molecular complexity index is 994. The Kier molecular flexibility index (Phi) is 8.32. The van der Waals surface area contributed by atoms with Crippen LogP contribution in [-0.4, -0.2) is 71.3 Å². The zero-order chi connectivity index (χ0) is 25.1. The maximum atomic E-state index is 12.3. The number of ether oxygens (including phenoxy) is 2. The fourth-order valence-corrected chi connectivity index (χ4v) is 5.08. The number of carbonyl (C=O) groups excluding carboxylic acids is 1. The van der Waals surface area contributed by atoms with E-state index in [2.05, 4.69) is 50.8 Å². The van der Waals surface area contributed by atoms with E-state index in [0.29, 0.717) is 32.7 Å². The first-order valence-electron chi connectivity index (χ1n) is 11.8. The molecule has 2 aromatic rings. The van der Waals surface area contributed by atoms with Gasteiger partial charge in [-0.25, -0.2) is 14.8 Å². The molecule has 9 nitrogen and oxygen atoms in total. The Morgan fingerprint density at radius 3 is 2.56 bits per heavy atom. The third kappa shape index (κ3) is 7.16. The maximum absolute atomic E-state index is 12.3. The molecule has 11 heteroatoms. The van der Waals surface area contributed by atoms with Gasteiger partial charge in [-0.2, -0.15) is 0 Å². The molecule has 0 bridgehead atoms. The lowest BCUT2D eigenvalue weighted by Crippen LogP contribution is -2.58. The van der Waals surface area contributed by atoms with Crippen LogP contribution in [0.4, 0.5) is 10.6 Å². The summed E-state index contributed by atoms with van der Waals surface area (Å²) in [5, 5.41) is 12.9. The van der Waals surface area contributed by atoms with Crippen LogP contribution in [0.25, 0.3) is 11.2 Å². The first-order chi connectivity index (χ1) is 15.8. The molecule has 1 fully saturated rings. The van der Waals surface area contributed by atoms with Gasteiger partial charge in [-0.1, -0.05) is 19.6 Å². The highest BCUT2D eigenvalue weighted by Gasteiger charge is 2.37. The van der Waals surface area contributed by atoms with Crippen molar-refractivity contribution in [1.29, 1.82) is 0 Å². The predicted molar refractivity (Wildman–Crippen MR) is 140 cm³/mol. The number of aromatic nitrogens is 3. The highest BCUT2D eigenvalue weighted by molar-refractivity contribution is 9.10. The number of nitrogens with one attached hydrogen (secondary N) is 1. The zero-order valence-electron chi connectivity index (χ0n) is 21.2. The van der Waals surface area contributed by atoms with Crippen LogP contribution in [0.1, 0.15) is 33.6 Å². The molecule has 2 aromatic heterocycles. The average Bonchev–Trinajstić information content (AvgIpc) is 3.04. The summed E-state index contributed by atoms with van der Waals surface area (Å²) in [6.07, 6.45) is 4.38. The fraction of sp³-hybridized carbons (Fsp3) is 0.696. The van der Waals surface area contributed by atoms with Gasteiger partial charge in [-0.05, 0) is 55.6 Å². The van der Waals surface area contributed by atoms with Crippen molar-refractivity contribution in [3.63, 3.8) is 0 Å². The Labute approximate surface area is 211 Å². The van der Waals surface area contributed by atoms with Crippen molar-refractivity contribution in [3.05, 3.63) is 16.9 Å². The van der Waals surface area contributed by atoms with E-state index < -0.39 is 25.3 Å². The van der Waals surface area contributed by atoms with Gasteiger partial charge in [0.1, 0.15) is 23.7 Å². The van der Waals surface area contributed by atoms with Gasteiger partial charge in [-0.3, -0.25) is 0 Å². The SMILES string of the molecule is CC(C)(C)OC(=O)NC1(CO)CCN(c2cnc3c(Br)cn(COCC[Si](C)(C)C)c3n2)CC1. The van der Waals surface area contributed by atoms with Crippen molar-refractivity contribution in [1.82, 2.24) is 19.9 Å². The van der Waals surface area contributed by atoms with Gasteiger partial charge >= 0.3 is 6.09 Å². The van der Waals surface area contributed by atoms with Crippen LogP contribution in [0.15, 0.2) is 16.9 Å². The Hall–Kier alpha value is -1.69. The number of amides is 1. The van der Waals surface area contributed by atoms with Gasteiger partial charge in [0, 0.05) is 34.0 Å². The molecular weight excluding hydrogens is 518 g/mol. The van der Waals surface area contributed by atoms with Gasteiger partial charge in [0.15, 0.2) is 5.65 Å². The molecule has 1 amide bonds. The Morgan fingerprint density at radius 1 is 1.29 bits per heavy atom. The molecule has 0 spiro atoms. The molecule has 1 aliphatic rings. The number of hydrogen-bond acceptors (Lipinski definition) is 7. The molecule has 0 saturated carbocycles. The van der Waals surface area contributed by atoms with Crippen molar-refractivity contribution in [2.45, 2.75) is 77.2 Å². The molecule has 0 unspecified atom stereocenters. The first kappa shape index (κ1) is 26.9. The minimum absolute atomic E-state index is 0.143. The first-order valence-corrected chi connectivity index (χ1v) is 16.3. The summed E-state index contributed by atoms with van der Waals surface area (Å²) in [6, 6.07) is 1.11. The van der Waals surface area contributed by atoms with E-state index in [4.69, 9.17) is 14.5 Å². The summed E-state index contributed by atoms with van der Waals surface area (Å²) < 4.78 is 14.2. The summed E-state index contributed by atoms with van der Waals surface area (Å²) in [5.74, 6) is 0.769. The molecule has 3 rings (SSSR count). The van der Waals surface area contributed by atoms with Gasteiger partial charge in [-0.15, -0.1) is 0 Å². The van der Waals surface area contributed by atoms with E-state index >= 15 is 0 Å². The highest BCUT2D eigenvalue weighted by Crippen LogP contribution is 2.29. The number of carbonyl (C=O) groups is 1. The minimum Gasteiger partial charge on any atom is -0.444 e.